The lowest BCUT2D eigenvalue weighted by Gasteiger charge is -2.09. The average Bonchev–Trinajstić information content (AvgIpc) is 3.73. The largest absolute Gasteiger partial charge is 0.455 e. The second-order valence-corrected chi connectivity index (χ2v) is 13.2. The Morgan fingerprint density at radius 1 is 0.438 bits per heavy atom. The van der Waals surface area contributed by atoms with Crippen molar-refractivity contribution in [2.45, 2.75) is 0 Å². The van der Waals surface area contributed by atoms with Crippen molar-refractivity contribution in [2.75, 3.05) is 0 Å². The fraction of sp³-hybridized carbons (Fsp3) is 0. The molecule has 0 spiro atoms. The molecule has 0 N–H and O–H groups in total. The number of nitrogens with zero attached hydrogens (tertiary/aromatic N) is 2. The van der Waals surface area contributed by atoms with E-state index >= 15 is 0 Å². The molecule has 0 saturated carbocycles. The molecular formula is C44H26N2OS. The topological polar surface area (TPSA) is 38.9 Å². The van der Waals surface area contributed by atoms with Gasteiger partial charge in [-0.2, -0.15) is 0 Å². The first kappa shape index (κ1) is 27.1. The highest BCUT2D eigenvalue weighted by atomic mass is 32.1. The molecular weight excluding hydrogens is 605 g/mol. The smallest absolute Gasteiger partial charge is 0.160 e. The minimum Gasteiger partial charge on any atom is -0.455 e. The van der Waals surface area contributed by atoms with Gasteiger partial charge in [0.2, 0.25) is 0 Å². The Kier molecular flexibility index (Phi) is 6.05. The van der Waals surface area contributed by atoms with Gasteiger partial charge in [0.25, 0.3) is 0 Å². The fourth-order valence-corrected chi connectivity index (χ4v) is 8.14. The first-order valence-corrected chi connectivity index (χ1v) is 16.9. The van der Waals surface area contributed by atoms with Gasteiger partial charge in [-0.3, -0.25) is 0 Å². The molecule has 48 heavy (non-hydrogen) atoms. The molecule has 0 saturated heterocycles. The van der Waals surface area contributed by atoms with Crippen LogP contribution in [0.1, 0.15) is 0 Å². The van der Waals surface area contributed by atoms with E-state index in [0.29, 0.717) is 5.82 Å². The third kappa shape index (κ3) is 4.27. The predicted octanol–water partition coefficient (Wildman–Crippen LogP) is 12.6. The minimum absolute atomic E-state index is 0.710. The lowest BCUT2D eigenvalue weighted by molar-refractivity contribution is 0.673. The van der Waals surface area contributed by atoms with E-state index in [0.717, 1.165) is 65.3 Å². The molecule has 0 aliphatic rings. The zero-order chi connectivity index (χ0) is 31.6. The van der Waals surface area contributed by atoms with Crippen LogP contribution < -0.4 is 0 Å². The van der Waals surface area contributed by atoms with Gasteiger partial charge in [-0.1, -0.05) is 127 Å². The van der Waals surface area contributed by atoms with Crippen molar-refractivity contribution in [1.82, 2.24) is 9.97 Å². The van der Waals surface area contributed by atoms with E-state index in [1.54, 1.807) is 11.3 Å². The molecule has 3 heterocycles. The third-order valence-electron chi connectivity index (χ3n) is 9.28. The van der Waals surface area contributed by atoms with Gasteiger partial charge in [0, 0.05) is 37.4 Å². The fourth-order valence-electron chi connectivity index (χ4n) is 6.99. The van der Waals surface area contributed by atoms with Gasteiger partial charge in [0.1, 0.15) is 11.2 Å². The molecule has 0 aliphatic heterocycles. The summed E-state index contributed by atoms with van der Waals surface area (Å²) in [5.74, 6) is 0.710. The summed E-state index contributed by atoms with van der Waals surface area (Å²) in [5, 5.41) is 5.64. The van der Waals surface area contributed by atoms with E-state index in [4.69, 9.17) is 14.4 Å². The van der Waals surface area contributed by atoms with Crippen molar-refractivity contribution in [3.05, 3.63) is 158 Å². The molecule has 224 valence electrons. The van der Waals surface area contributed by atoms with Gasteiger partial charge in [0.15, 0.2) is 5.82 Å². The molecule has 3 aromatic heterocycles. The molecule has 10 rings (SSSR count). The van der Waals surface area contributed by atoms with E-state index in [-0.39, 0.29) is 0 Å². The van der Waals surface area contributed by atoms with Crippen LogP contribution in [0.5, 0.6) is 0 Å². The number of hydrogen-bond acceptors (Lipinski definition) is 4. The Hall–Kier alpha value is -6.10. The number of furan rings is 1. The highest BCUT2D eigenvalue weighted by Gasteiger charge is 2.19. The summed E-state index contributed by atoms with van der Waals surface area (Å²) in [7, 11) is 0. The van der Waals surface area contributed by atoms with Gasteiger partial charge in [-0.05, 0) is 58.0 Å². The van der Waals surface area contributed by atoms with Crippen LogP contribution >= 0.6 is 11.3 Å². The van der Waals surface area contributed by atoms with Crippen LogP contribution in [-0.2, 0) is 0 Å². The summed E-state index contributed by atoms with van der Waals surface area (Å²) in [5.41, 5.74) is 10.3. The van der Waals surface area contributed by atoms with Crippen molar-refractivity contribution in [1.29, 1.82) is 0 Å². The molecule has 7 aromatic carbocycles. The number of hydrogen-bond donors (Lipinski definition) is 0. The maximum Gasteiger partial charge on any atom is 0.160 e. The molecule has 0 aliphatic carbocycles. The summed E-state index contributed by atoms with van der Waals surface area (Å²) in [6, 6.07) is 55.4. The maximum absolute atomic E-state index is 6.73. The van der Waals surface area contributed by atoms with Crippen molar-refractivity contribution < 1.29 is 4.42 Å². The summed E-state index contributed by atoms with van der Waals surface area (Å²) in [6.45, 7) is 0. The predicted molar refractivity (Wildman–Crippen MR) is 201 cm³/mol. The molecule has 0 bridgehead atoms. The maximum atomic E-state index is 6.73. The second-order valence-electron chi connectivity index (χ2n) is 12.1. The molecule has 0 unspecified atom stereocenters. The van der Waals surface area contributed by atoms with Gasteiger partial charge in [0.05, 0.1) is 15.9 Å². The zero-order valence-corrected chi connectivity index (χ0v) is 26.5. The SMILES string of the molecule is c1ccc(-c2cccc(-c3nc(-c4ccc5c(c4)oc4c6ccccc6c(-c6ccccc6)cc54)c4sc5ccccc5c4n3)c2)cc1. The Morgan fingerprint density at radius 3 is 1.96 bits per heavy atom. The highest BCUT2D eigenvalue weighted by Crippen LogP contribution is 2.43. The van der Waals surface area contributed by atoms with Crippen molar-refractivity contribution >= 4 is 64.4 Å². The number of fused-ring (bicyclic) bond motifs is 8. The van der Waals surface area contributed by atoms with Crippen LogP contribution in [0.15, 0.2) is 162 Å². The third-order valence-corrected chi connectivity index (χ3v) is 10.5. The molecule has 0 fully saturated rings. The molecule has 4 heteroatoms. The normalized spacial score (nSPS) is 11.8. The lowest BCUT2D eigenvalue weighted by atomic mass is 9.95. The first-order valence-electron chi connectivity index (χ1n) is 16.1. The van der Waals surface area contributed by atoms with E-state index in [9.17, 15) is 0 Å². The molecule has 0 atom stereocenters. The van der Waals surface area contributed by atoms with E-state index in [1.165, 1.54) is 26.8 Å². The Morgan fingerprint density at radius 2 is 1.12 bits per heavy atom. The van der Waals surface area contributed by atoms with E-state index in [2.05, 4.69) is 152 Å². The van der Waals surface area contributed by atoms with Crippen molar-refractivity contribution in [2.24, 2.45) is 0 Å². The highest BCUT2D eigenvalue weighted by molar-refractivity contribution is 7.26. The van der Waals surface area contributed by atoms with Crippen LogP contribution in [0.4, 0.5) is 0 Å². The molecule has 0 radical (unpaired) electrons. The Labute approximate surface area is 280 Å². The summed E-state index contributed by atoms with van der Waals surface area (Å²) < 4.78 is 9.00. The van der Waals surface area contributed by atoms with Crippen LogP contribution in [0, 0.1) is 0 Å². The first-order chi connectivity index (χ1) is 23.8. The van der Waals surface area contributed by atoms with Gasteiger partial charge in [-0.25, -0.2) is 9.97 Å². The number of rotatable bonds is 4. The Balaban J connectivity index is 1.20. The average molecular weight is 631 g/mol. The Bertz CT molecular complexity index is 2830. The monoisotopic (exact) mass is 630 g/mol. The summed E-state index contributed by atoms with van der Waals surface area (Å²) in [4.78, 5) is 10.5. The molecule has 10 aromatic rings. The number of benzene rings is 7. The summed E-state index contributed by atoms with van der Waals surface area (Å²) in [6.07, 6.45) is 0. The molecule has 3 nitrogen and oxygen atoms in total. The summed E-state index contributed by atoms with van der Waals surface area (Å²) >= 11 is 1.74. The lowest BCUT2D eigenvalue weighted by Crippen LogP contribution is -1.94. The number of thiophene rings is 1. The second kappa shape index (κ2) is 10.7. The zero-order valence-electron chi connectivity index (χ0n) is 25.7. The van der Waals surface area contributed by atoms with Gasteiger partial charge >= 0.3 is 0 Å². The van der Waals surface area contributed by atoms with E-state index in [1.807, 2.05) is 6.07 Å². The van der Waals surface area contributed by atoms with Crippen LogP contribution in [0.25, 0.3) is 97.9 Å². The van der Waals surface area contributed by atoms with Crippen LogP contribution in [-0.4, -0.2) is 9.97 Å². The minimum atomic E-state index is 0.710. The van der Waals surface area contributed by atoms with Crippen molar-refractivity contribution in [3.63, 3.8) is 0 Å². The molecule has 0 amide bonds. The number of aromatic nitrogens is 2. The van der Waals surface area contributed by atoms with Crippen LogP contribution in [0.3, 0.4) is 0 Å². The van der Waals surface area contributed by atoms with Crippen LogP contribution in [0.2, 0.25) is 0 Å². The standard InChI is InChI=1S/C44H26N2OS/c1-3-12-27(13-4-1)29-16-11-17-31(24-29)44-45-40(43-41(46-44)35-20-9-10-21-39(35)48-43)30-22-23-33-37-26-36(28-14-5-2-6-15-28)32-18-7-8-19-34(32)42(37)47-38(33)25-30/h1-26H. The van der Waals surface area contributed by atoms with Crippen molar-refractivity contribution in [3.8, 4) is 44.9 Å². The van der Waals surface area contributed by atoms with Gasteiger partial charge in [-0.15, -0.1) is 11.3 Å². The van der Waals surface area contributed by atoms with E-state index < -0.39 is 0 Å². The quantitative estimate of drug-likeness (QED) is 0.194. The van der Waals surface area contributed by atoms with Gasteiger partial charge < -0.3 is 4.42 Å².